The van der Waals surface area contributed by atoms with Crippen LogP contribution in [0.5, 0.6) is 5.75 Å². The number of guanidine groups is 1. The van der Waals surface area contributed by atoms with E-state index in [4.69, 9.17) is 4.74 Å². The van der Waals surface area contributed by atoms with E-state index in [0.717, 1.165) is 44.9 Å². The molecule has 25 heavy (non-hydrogen) atoms. The van der Waals surface area contributed by atoms with Gasteiger partial charge in [-0.05, 0) is 57.4 Å². The number of nitrogens with one attached hydrogen (secondary N) is 2. The molecule has 0 spiro atoms. The molecule has 1 aromatic carbocycles. The third kappa shape index (κ3) is 6.90. The SMILES string of the molecule is CN=C(NCCCOc1ccc(F)cc1)NC1CCN(C(C)C)CC1. The van der Waals surface area contributed by atoms with Gasteiger partial charge in [-0.15, -0.1) is 0 Å². The predicted octanol–water partition coefficient (Wildman–Crippen LogP) is 2.63. The normalized spacial score (nSPS) is 16.9. The second-order valence-electron chi connectivity index (χ2n) is 6.70. The van der Waals surface area contributed by atoms with Gasteiger partial charge < -0.3 is 20.3 Å². The maximum absolute atomic E-state index is 12.8. The highest BCUT2D eigenvalue weighted by atomic mass is 19.1. The summed E-state index contributed by atoms with van der Waals surface area (Å²) >= 11 is 0. The molecular weight excluding hydrogens is 319 g/mol. The van der Waals surface area contributed by atoms with Crippen LogP contribution in [0.3, 0.4) is 0 Å². The fourth-order valence-corrected chi connectivity index (χ4v) is 2.95. The molecule has 1 fully saturated rings. The average molecular weight is 350 g/mol. The third-order valence-electron chi connectivity index (χ3n) is 4.52. The number of hydrogen-bond donors (Lipinski definition) is 2. The lowest BCUT2D eigenvalue weighted by Crippen LogP contribution is -2.50. The topological polar surface area (TPSA) is 48.9 Å². The lowest BCUT2D eigenvalue weighted by atomic mass is 10.0. The average Bonchev–Trinajstić information content (AvgIpc) is 2.62. The van der Waals surface area contributed by atoms with Crippen molar-refractivity contribution in [2.45, 2.75) is 45.2 Å². The number of piperidine rings is 1. The van der Waals surface area contributed by atoms with Crippen LogP contribution in [0.2, 0.25) is 0 Å². The van der Waals surface area contributed by atoms with Crippen molar-refractivity contribution in [1.29, 1.82) is 0 Å². The first-order valence-corrected chi connectivity index (χ1v) is 9.18. The van der Waals surface area contributed by atoms with Crippen LogP contribution < -0.4 is 15.4 Å². The smallest absolute Gasteiger partial charge is 0.191 e. The molecule has 2 rings (SSSR count). The second kappa shape index (κ2) is 10.2. The lowest BCUT2D eigenvalue weighted by molar-refractivity contribution is 0.167. The number of ether oxygens (including phenoxy) is 1. The molecule has 5 nitrogen and oxygen atoms in total. The maximum atomic E-state index is 12.8. The van der Waals surface area contributed by atoms with Crippen molar-refractivity contribution < 1.29 is 9.13 Å². The van der Waals surface area contributed by atoms with E-state index in [1.807, 2.05) is 0 Å². The highest BCUT2D eigenvalue weighted by Gasteiger charge is 2.21. The molecule has 0 saturated carbocycles. The van der Waals surface area contributed by atoms with Crippen molar-refractivity contribution in [1.82, 2.24) is 15.5 Å². The molecular formula is C19H31FN4O. The van der Waals surface area contributed by atoms with Crippen molar-refractivity contribution in [3.05, 3.63) is 30.1 Å². The molecule has 1 heterocycles. The van der Waals surface area contributed by atoms with Crippen molar-refractivity contribution >= 4 is 5.96 Å². The highest BCUT2D eigenvalue weighted by molar-refractivity contribution is 5.79. The summed E-state index contributed by atoms with van der Waals surface area (Å²) in [7, 11) is 1.80. The molecule has 0 bridgehead atoms. The summed E-state index contributed by atoms with van der Waals surface area (Å²) in [5.74, 6) is 1.30. The zero-order chi connectivity index (χ0) is 18.1. The van der Waals surface area contributed by atoms with Gasteiger partial charge in [-0.3, -0.25) is 4.99 Å². The molecule has 1 saturated heterocycles. The first kappa shape index (κ1) is 19.5. The highest BCUT2D eigenvalue weighted by Crippen LogP contribution is 2.13. The van der Waals surface area contributed by atoms with Crippen molar-refractivity contribution in [3.8, 4) is 5.75 Å². The number of likely N-dealkylation sites (tertiary alicyclic amines) is 1. The minimum Gasteiger partial charge on any atom is -0.494 e. The van der Waals surface area contributed by atoms with Crippen LogP contribution in [0.1, 0.15) is 33.1 Å². The minimum atomic E-state index is -0.247. The first-order chi connectivity index (χ1) is 12.1. The quantitative estimate of drug-likeness (QED) is 0.451. The van der Waals surface area contributed by atoms with Crippen LogP contribution in [-0.4, -0.2) is 56.2 Å². The monoisotopic (exact) mass is 350 g/mol. The van der Waals surface area contributed by atoms with E-state index >= 15 is 0 Å². The first-order valence-electron chi connectivity index (χ1n) is 9.18. The van der Waals surface area contributed by atoms with E-state index in [9.17, 15) is 4.39 Å². The Morgan fingerprint density at radius 1 is 1.28 bits per heavy atom. The molecule has 1 aliphatic rings. The fraction of sp³-hybridized carbons (Fsp3) is 0.632. The molecule has 1 aliphatic heterocycles. The Labute approximate surface area is 150 Å². The molecule has 140 valence electrons. The summed E-state index contributed by atoms with van der Waals surface area (Å²) < 4.78 is 18.4. The van der Waals surface area contributed by atoms with Crippen LogP contribution in [0.4, 0.5) is 4.39 Å². The summed E-state index contributed by atoms with van der Waals surface area (Å²) in [6.07, 6.45) is 3.14. The Bertz CT molecular complexity index is 525. The number of hydrogen-bond acceptors (Lipinski definition) is 3. The summed E-state index contributed by atoms with van der Waals surface area (Å²) in [5.41, 5.74) is 0. The number of halogens is 1. The Morgan fingerprint density at radius 3 is 2.56 bits per heavy atom. The predicted molar refractivity (Wildman–Crippen MR) is 101 cm³/mol. The van der Waals surface area contributed by atoms with Gasteiger partial charge in [0.2, 0.25) is 0 Å². The zero-order valence-electron chi connectivity index (χ0n) is 15.6. The number of nitrogens with zero attached hydrogens (tertiary/aromatic N) is 2. The minimum absolute atomic E-state index is 0.247. The Kier molecular flexibility index (Phi) is 7.98. The molecule has 0 radical (unpaired) electrons. The summed E-state index contributed by atoms with van der Waals surface area (Å²) in [4.78, 5) is 6.82. The molecule has 0 unspecified atom stereocenters. The van der Waals surface area contributed by atoms with Gasteiger partial charge in [0.1, 0.15) is 11.6 Å². The maximum Gasteiger partial charge on any atom is 0.191 e. The summed E-state index contributed by atoms with van der Waals surface area (Å²) in [6, 6.07) is 7.21. The van der Waals surface area contributed by atoms with Gasteiger partial charge >= 0.3 is 0 Å². The largest absolute Gasteiger partial charge is 0.494 e. The molecule has 0 aliphatic carbocycles. The van der Waals surface area contributed by atoms with Gasteiger partial charge in [-0.2, -0.15) is 0 Å². The van der Waals surface area contributed by atoms with E-state index < -0.39 is 0 Å². The van der Waals surface area contributed by atoms with Gasteiger partial charge in [-0.25, -0.2) is 4.39 Å². The van der Waals surface area contributed by atoms with Crippen molar-refractivity contribution in [2.24, 2.45) is 4.99 Å². The Hall–Kier alpha value is -1.82. The van der Waals surface area contributed by atoms with Crippen LogP contribution in [0, 0.1) is 5.82 Å². The summed E-state index contributed by atoms with van der Waals surface area (Å²) in [5, 5.41) is 6.84. The number of aliphatic imine (C=N–C) groups is 1. The molecule has 2 N–H and O–H groups in total. The molecule has 0 atom stereocenters. The summed E-state index contributed by atoms with van der Waals surface area (Å²) in [6.45, 7) is 8.15. The van der Waals surface area contributed by atoms with Crippen LogP contribution in [-0.2, 0) is 0 Å². The number of benzene rings is 1. The Morgan fingerprint density at radius 2 is 1.96 bits per heavy atom. The Balaban J connectivity index is 1.60. The molecule has 1 aromatic rings. The van der Waals surface area contributed by atoms with E-state index in [1.165, 1.54) is 12.1 Å². The van der Waals surface area contributed by atoms with Gasteiger partial charge in [0.25, 0.3) is 0 Å². The van der Waals surface area contributed by atoms with Crippen LogP contribution >= 0.6 is 0 Å². The van der Waals surface area contributed by atoms with E-state index in [0.29, 0.717) is 24.4 Å². The van der Waals surface area contributed by atoms with Crippen molar-refractivity contribution in [3.63, 3.8) is 0 Å². The van der Waals surface area contributed by atoms with E-state index in [1.54, 1.807) is 19.2 Å². The van der Waals surface area contributed by atoms with Crippen LogP contribution in [0.25, 0.3) is 0 Å². The van der Waals surface area contributed by atoms with Gasteiger partial charge in [0.15, 0.2) is 5.96 Å². The zero-order valence-corrected chi connectivity index (χ0v) is 15.6. The lowest BCUT2D eigenvalue weighted by Gasteiger charge is -2.35. The number of rotatable bonds is 7. The third-order valence-corrected chi connectivity index (χ3v) is 4.52. The van der Waals surface area contributed by atoms with Gasteiger partial charge in [0.05, 0.1) is 6.61 Å². The molecule has 0 aromatic heterocycles. The van der Waals surface area contributed by atoms with Crippen molar-refractivity contribution in [2.75, 3.05) is 33.3 Å². The van der Waals surface area contributed by atoms with Gasteiger partial charge in [0, 0.05) is 38.8 Å². The second-order valence-corrected chi connectivity index (χ2v) is 6.70. The standard InChI is InChI=1S/C19H31FN4O/c1-15(2)24-12-9-17(10-13-24)23-19(21-3)22-11-4-14-25-18-7-5-16(20)6-8-18/h5-8,15,17H,4,9-14H2,1-3H3,(H2,21,22,23). The van der Waals surface area contributed by atoms with Gasteiger partial charge in [-0.1, -0.05) is 0 Å². The van der Waals surface area contributed by atoms with E-state index in [-0.39, 0.29) is 5.82 Å². The molecule has 6 heteroatoms. The van der Waals surface area contributed by atoms with E-state index in [2.05, 4.69) is 34.4 Å². The fourth-order valence-electron chi connectivity index (χ4n) is 2.95. The van der Waals surface area contributed by atoms with Crippen LogP contribution in [0.15, 0.2) is 29.3 Å². The molecule has 0 amide bonds.